The minimum absolute atomic E-state index is 0.0372. The fraction of sp³-hybridized carbons (Fsp3) is 0.467. The summed E-state index contributed by atoms with van der Waals surface area (Å²) in [6, 6.07) is 5.45. The number of aliphatic carboxylic acids is 1. The summed E-state index contributed by atoms with van der Waals surface area (Å²) in [5.74, 6) is -0.0683. The van der Waals surface area contributed by atoms with Gasteiger partial charge in [-0.25, -0.2) is 0 Å². The van der Waals surface area contributed by atoms with E-state index in [1.54, 1.807) is 13.2 Å². The highest BCUT2D eigenvalue weighted by atomic mass is 16.5. The molecule has 0 atom stereocenters. The largest absolute Gasteiger partial charge is 0.493 e. The van der Waals surface area contributed by atoms with E-state index in [1.165, 1.54) is 0 Å². The lowest BCUT2D eigenvalue weighted by atomic mass is 10.1. The Hall–Kier alpha value is -2.24. The van der Waals surface area contributed by atoms with Crippen LogP contribution in [0.25, 0.3) is 0 Å². The second-order valence-corrected chi connectivity index (χ2v) is 4.47. The average molecular weight is 295 g/mol. The van der Waals surface area contributed by atoms with Crippen LogP contribution in [0.3, 0.4) is 0 Å². The molecule has 2 N–H and O–H groups in total. The highest BCUT2D eigenvalue weighted by Gasteiger charge is 2.12. The highest BCUT2D eigenvalue weighted by Crippen LogP contribution is 2.31. The molecule has 0 aliphatic rings. The topological polar surface area (TPSA) is 84.9 Å². The summed E-state index contributed by atoms with van der Waals surface area (Å²) >= 11 is 0. The molecule has 0 spiro atoms. The van der Waals surface area contributed by atoms with Crippen LogP contribution in [0.1, 0.15) is 31.7 Å². The summed E-state index contributed by atoms with van der Waals surface area (Å²) in [5, 5.41) is 11.2. The molecule has 116 valence electrons. The van der Waals surface area contributed by atoms with Gasteiger partial charge in [0.2, 0.25) is 5.91 Å². The van der Waals surface area contributed by atoms with Gasteiger partial charge in [-0.05, 0) is 12.5 Å². The third-order valence-electron chi connectivity index (χ3n) is 2.77. The number of hydrogen-bond donors (Lipinski definition) is 2. The number of carboxylic acids is 1. The van der Waals surface area contributed by atoms with Crippen molar-refractivity contribution < 1.29 is 24.2 Å². The second kappa shape index (κ2) is 8.84. The molecule has 0 heterocycles. The molecule has 0 aliphatic heterocycles. The van der Waals surface area contributed by atoms with Crippen LogP contribution in [0.5, 0.6) is 11.5 Å². The van der Waals surface area contributed by atoms with Gasteiger partial charge in [-0.3, -0.25) is 9.59 Å². The highest BCUT2D eigenvalue weighted by molar-refractivity contribution is 5.80. The van der Waals surface area contributed by atoms with Crippen LogP contribution >= 0.6 is 0 Å². The molecule has 0 bridgehead atoms. The minimum Gasteiger partial charge on any atom is -0.493 e. The number of carboxylic acid groups (broad SMARTS) is 1. The first-order valence-corrected chi connectivity index (χ1v) is 6.85. The van der Waals surface area contributed by atoms with Gasteiger partial charge >= 0.3 is 5.97 Å². The molecule has 0 saturated carbocycles. The zero-order chi connectivity index (χ0) is 15.7. The summed E-state index contributed by atoms with van der Waals surface area (Å²) in [5.41, 5.74) is 0.798. The molecule has 1 rings (SSSR count). The van der Waals surface area contributed by atoms with Crippen LogP contribution in [-0.4, -0.2) is 30.7 Å². The number of amides is 1. The van der Waals surface area contributed by atoms with Gasteiger partial charge < -0.3 is 19.9 Å². The van der Waals surface area contributed by atoms with Crippen molar-refractivity contribution in [2.75, 3.05) is 13.7 Å². The number of para-hydroxylation sites is 1. The number of methoxy groups -OCH3 is 1. The maximum Gasteiger partial charge on any atom is 0.303 e. The lowest BCUT2D eigenvalue weighted by molar-refractivity contribution is -0.138. The van der Waals surface area contributed by atoms with Crippen LogP contribution in [0.2, 0.25) is 0 Å². The molecule has 0 saturated heterocycles. The van der Waals surface area contributed by atoms with Crippen molar-refractivity contribution in [3.63, 3.8) is 0 Å². The van der Waals surface area contributed by atoms with E-state index >= 15 is 0 Å². The lowest BCUT2D eigenvalue weighted by Crippen LogP contribution is -2.23. The van der Waals surface area contributed by atoms with Crippen molar-refractivity contribution in [3.05, 3.63) is 23.8 Å². The van der Waals surface area contributed by atoms with Crippen molar-refractivity contribution in [2.24, 2.45) is 0 Å². The number of rotatable bonds is 9. The standard InChI is InChI=1S/C15H21NO5/c1-3-9-21-15-11(5-4-6-12(15)20-2)10-16-13(17)7-8-14(18)19/h4-6H,3,7-10H2,1-2H3,(H,16,17)(H,18,19). The summed E-state index contributed by atoms with van der Waals surface area (Å²) in [7, 11) is 1.56. The van der Waals surface area contributed by atoms with Crippen molar-refractivity contribution in [1.82, 2.24) is 5.32 Å². The van der Waals surface area contributed by atoms with Gasteiger partial charge in [0, 0.05) is 18.5 Å². The number of carbonyl (C=O) groups is 2. The van der Waals surface area contributed by atoms with Crippen LogP contribution in [-0.2, 0) is 16.1 Å². The first-order chi connectivity index (χ1) is 10.1. The predicted octanol–water partition coefficient (Wildman–Crippen LogP) is 1.97. The van der Waals surface area contributed by atoms with E-state index in [0.717, 1.165) is 12.0 Å². The van der Waals surface area contributed by atoms with Gasteiger partial charge in [0.25, 0.3) is 0 Å². The van der Waals surface area contributed by atoms with Gasteiger partial charge in [-0.2, -0.15) is 0 Å². The maximum absolute atomic E-state index is 11.6. The third-order valence-corrected chi connectivity index (χ3v) is 2.77. The zero-order valence-electron chi connectivity index (χ0n) is 12.3. The van der Waals surface area contributed by atoms with E-state index in [4.69, 9.17) is 14.6 Å². The first-order valence-electron chi connectivity index (χ1n) is 6.85. The van der Waals surface area contributed by atoms with E-state index in [9.17, 15) is 9.59 Å². The quantitative estimate of drug-likeness (QED) is 0.727. The molecule has 1 aromatic rings. The fourth-order valence-electron chi connectivity index (χ4n) is 1.73. The number of carbonyl (C=O) groups excluding carboxylic acids is 1. The second-order valence-electron chi connectivity index (χ2n) is 4.47. The van der Waals surface area contributed by atoms with Gasteiger partial charge in [0.05, 0.1) is 20.1 Å². The van der Waals surface area contributed by atoms with E-state index in [2.05, 4.69) is 5.32 Å². The Morgan fingerprint density at radius 3 is 2.67 bits per heavy atom. The first kappa shape index (κ1) is 16.8. The Labute approximate surface area is 124 Å². The van der Waals surface area contributed by atoms with Gasteiger partial charge in [0.1, 0.15) is 0 Å². The van der Waals surface area contributed by atoms with E-state index in [1.807, 2.05) is 19.1 Å². The fourth-order valence-corrected chi connectivity index (χ4v) is 1.73. The van der Waals surface area contributed by atoms with Crippen molar-refractivity contribution >= 4 is 11.9 Å². The van der Waals surface area contributed by atoms with Gasteiger partial charge in [0.15, 0.2) is 11.5 Å². The lowest BCUT2D eigenvalue weighted by Gasteiger charge is -2.15. The maximum atomic E-state index is 11.6. The Morgan fingerprint density at radius 2 is 2.05 bits per heavy atom. The molecule has 1 aromatic carbocycles. The molecular weight excluding hydrogens is 274 g/mol. The van der Waals surface area contributed by atoms with Crippen LogP contribution in [0.15, 0.2) is 18.2 Å². The average Bonchev–Trinajstić information content (AvgIpc) is 2.48. The number of hydrogen-bond acceptors (Lipinski definition) is 4. The number of ether oxygens (including phenoxy) is 2. The van der Waals surface area contributed by atoms with Crippen molar-refractivity contribution in [2.45, 2.75) is 32.7 Å². The summed E-state index contributed by atoms with van der Waals surface area (Å²) in [4.78, 5) is 22.0. The predicted molar refractivity (Wildman–Crippen MR) is 77.5 cm³/mol. The van der Waals surface area contributed by atoms with E-state index in [-0.39, 0.29) is 25.3 Å². The van der Waals surface area contributed by atoms with Crippen LogP contribution < -0.4 is 14.8 Å². The normalized spacial score (nSPS) is 10.0. The summed E-state index contributed by atoms with van der Waals surface area (Å²) in [6.45, 7) is 2.83. The van der Waals surface area contributed by atoms with E-state index < -0.39 is 5.97 Å². The van der Waals surface area contributed by atoms with Crippen LogP contribution in [0.4, 0.5) is 0 Å². The molecule has 6 heteroatoms. The third kappa shape index (κ3) is 5.72. The molecule has 6 nitrogen and oxygen atoms in total. The molecule has 0 fully saturated rings. The minimum atomic E-state index is -0.988. The molecule has 1 amide bonds. The van der Waals surface area contributed by atoms with Crippen LogP contribution in [0, 0.1) is 0 Å². The van der Waals surface area contributed by atoms with Crippen molar-refractivity contribution in [1.29, 1.82) is 0 Å². The number of benzene rings is 1. The molecule has 21 heavy (non-hydrogen) atoms. The molecule has 0 radical (unpaired) electrons. The molecule has 0 aliphatic carbocycles. The summed E-state index contributed by atoms with van der Waals surface area (Å²) < 4.78 is 10.9. The molecule has 0 aromatic heterocycles. The number of nitrogens with one attached hydrogen (secondary N) is 1. The summed E-state index contributed by atoms with van der Waals surface area (Å²) in [6.07, 6.45) is 0.649. The molecule has 0 unspecified atom stereocenters. The Morgan fingerprint density at radius 1 is 1.29 bits per heavy atom. The van der Waals surface area contributed by atoms with Gasteiger partial charge in [-0.15, -0.1) is 0 Å². The van der Waals surface area contributed by atoms with Gasteiger partial charge in [-0.1, -0.05) is 19.1 Å². The Kier molecular flexibility index (Phi) is 7.08. The Bertz CT molecular complexity index is 487. The van der Waals surface area contributed by atoms with Crippen molar-refractivity contribution in [3.8, 4) is 11.5 Å². The zero-order valence-corrected chi connectivity index (χ0v) is 12.3. The Balaban J connectivity index is 2.68. The smallest absolute Gasteiger partial charge is 0.303 e. The molecular formula is C15H21NO5. The SMILES string of the molecule is CCCOc1c(CNC(=O)CCC(=O)O)cccc1OC. The monoisotopic (exact) mass is 295 g/mol. The van der Waals surface area contributed by atoms with E-state index in [0.29, 0.717) is 18.1 Å².